The normalized spacial score (nSPS) is 12.8. The van der Waals surface area contributed by atoms with Crippen molar-refractivity contribution < 1.29 is 9.72 Å². The number of nitrogens with one attached hydrogen (secondary N) is 2. The number of aryl methyl sites for hydroxylation is 2. The SMILES string of the molecule is CC(=NNC(=O)c1cc(-c2ccc3c4c(cccc24)CC3)n[nH]1)c1ccc([N+](=O)[O-])cc1. The van der Waals surface area contributed by atoms with Crippen LogP contribution in [-0.4, -0.2) is 26.7 Å². The number of non-ortho nitro benzene ring substituents is 1. The molecule has 1 aliphatic carbocycles. The van der Waals surface area contributed by atoms with Crippen LogP contribution in [0.5, 0.6) is 0 Å². The molecule has 1 amide bonds. The highest BCUT2D eigenvalue weighted by Crippen LogP contribution is 2.36. The van der Waals surface area contributed by atoms with Crippen molar-refractivity contribution in [2.24, 2.45) is 5.10 Å². The second kappa shape index (κ2) is 7.73. The minimum Gasteiger partial charge on any atom is -0.272 e. The van der Waals surface area contributed by atoms with Crippen LogP contribution in [0.1, 0.15) is 34.1 Å². The summed E-state index contributed by atoms with van der Waals surface area (Å²) in [5, 5.41) is 24.5. The van der Waals surface area contributed by atoms with Crippen LogP contribution in [-0.2, 0) is 12.8 Å². The quantitative estimate of drug-likeness (QED) is 0.280. The Bertz CT molecular complexity index is 1390. The highest BCUT2D eigenvalue weighted by atomic mass is 16.6. The molecule has 3 aromatic carbocycles. The zero-order valence-corrected chi connectivity index (χ0v) is 17.3. The van der Waals surface area contributed by atoms with Gasteiger partial charge in [0.05, 0.1) is 16.3 Å². The molecule has 32 heavy (non-hydrogen) atoms. The summed E-state index contributed by atoms with van der Waals surface area (Å²) in [5.74, 6) is -0.420. The summed E-state index contributed by atoms with van der Waals surface area (Å²) in [5.41, 5.74) is 8.38. The van der Waals surface area contributed by atoms with Crippen LogP contribution in [0.15, 0.2) is 65.8 Å². The lowest BCUT2D eigenvalue weighted by Gasteiger charge is -2.06. The summed E-state index contributed by atoms with van der Waals surface area (Å²) in [6.07, 6.45) is 2.10. The molecule has 2 N–H and O–H groups in total. The first-order valence-electron chi connectivity index (χ1n) is 10.2. The molecule has 0 atom stereocenters. The molecule has 0 saturated carbocycles. The van der Waals surface area contributed by atoms with Crippen LogP contribution >= 0.6 is 0 Å². The average molecular weight is 425 g/mol. The molecule has 5 rings (SSSR count). The van der Waals surface area contributed by atoms with E-state index in [9.17, 15) is 14.9 Å². The van der Waals surface area contributed by atoms with Crippen molar-refractivity contribution in [1.29, 1.82) is 0 Å². The Morgan fingerprint density at radius 2 is 1.84 bits per heavy atom. The standard InChI is InChI=1S/C24H19N5O3/c1-14(15-7-10-18(11-8-15)29(31)32)25-28-24(30)22-13-21(26-27-22)19-12-9-17-6-5-16-3-2-4-20(19)23(16)17/h2-4,7-13H,5-6H2,1H3,(H,26,27)(H,28,30). The van der Waals surface area contributed by atoms with Crippen LogP contribution < -0.4 is 5.43 Å². The van der Waals surface area contributed by atoms with Crippen LogP contribution in [0.25, 0.3) is 22.0 Å². The summed E-state index contributed by atoms with van der Waals surface area (Å²) in [4.78, 5) is 22.9. The van der Waals surface area contributed by atoms with Gasteiger partial charge in [0.25, 0.3) is 11.6 Å². The number of nitrogens with zero attached hydrogens (tertiary/aromatic N) is 3. The molecule has 1 aliphatic rings. The lowest BCUT2D eigenvalue weighted by atomic mass is 9.98. The number of nitro benzene ring substituents is 1. The molecular formula is C24H19N5O3. The van der Waals surface area contributed by atoms with Crippen LogP contribution in [0, 0.1) is 10.1 Å². The van der Waals surface area contributed by atoms with Gasteiger partial charge in [0.1, 0.15) is 5.69 Å². The van der Waals surface area contributed by atoms with Gasteiger partial charge in [-0.3, -0.25) is 20.0 Å². The maximum Gasteiger partial charge on any atom is 0.289 e. The Kier molecular flexibility index (Phi) is 4.74. The van der Waals surface area contributed by atoms with Gasteiger partial charge < -0.3 is 0 Å². The monoisotopic (exact) mass is 425 g/mol. The Morgan fingerprint density at radius 3 is 2.59 bits per heavy atom. The van der Waals surface area contributed by atoms with Gasteiger partial charge in [0.2, 0.25) is 0 Å². The molecule has 1 heterocycles. The Hall–Kier alpha value is -4.33. The van der Waals surface area contributed by atoms with Gasteiger partial charge in [0, 0.05) is 17.7 Å². The highest BCUT2D eigenvalue weighted by molar-refractivity contribution is 6.03. The van der Waals surface area contributed by atoms with Crippen LogP contribution in [0.2, 0.25) is 0 Å². The van der Waals surface area contributed by atoms with Gasteiger partial charge in [-0.25, -0.2) is 5.43 Å². The number of benzene rings is 3. The molecule has 0 radical (unpaired) electrons. The third kappa shape index (κ3) is 3.41. The molecule has 0 aliphatic heterocycles. The second-order valence-corrected chi connectivity index (χ2v) is 7.72. The van der Waals surface area contributed by atoms with E-state index in [2.05, 4.69) is 51.1 Å². The van der Waals surface area contributed by atoms with E-state index in [1.165, 1.54) is 28.6 Å². The van der Waals surface area contributed by atoms with E-state index in [0.717, 1.165) is 23.8 Å². The number of nitro groups is 1. The molecule has 8 heteroatoms. The average Bonchev–Trinajstić information content (AvgIpc) is 3.47. The van der Waals surface area contributed by atoms with Gasteiger partial charge in [-0.1, -0.05) is 30.3 Å². The highest BCUT2D eigenvalue weighted by Gasteiger charge is 2.18. The Labute approximate surface area is 183 Å². The fourth-order valence-corrected chi connectivity index (χ4v) is 4.13. The largest absolute Gasteiger partial charge is 0.289 e. The first kappa shape index (κ1) is 19.6. The Balaban J connectivity index is 1.36. The fourth-order valence-electron chi connectivity index (χ4n) is 4.13. The van der Waals surface area contributed by atoms with Crippen molar-refractivity contribution >= 4 is 28.1 Å². The van der Waals surface area contributed by atoms with Crippen molar-refractivity contribution in [2.75, 3.05) is 0 Å². The van der Waals surface area contributed by atoms with E-state index >= 15 is 0 Å². The number of aromatic nitrogens is 2. The lowest BCUT2D eigenvalue weighted by Crippen LogP contribution is -2.19. The number of hydrogen-bond acceptors (Lipinski definition) is 5. The van der Waals surface area contributed by atoms with Crippen LogP contribution in [0.4, 0.5) is 5.69 Å². The molecule has 8 nitrogen and oxygen atoms in total. The maximum absolute atomic E-state index is 12.6. The number of aromatic amines is 1. The molecule has 0 spiro atoms. The molecule has 158 valence electrons. The van der Waals surface area contributed by atoms with Crippen molar-refractivity contribution in [3.05, 3.63) is 93.2 Å². The van der Waals surface area contributed by atoms with E-state index in [1.807, 2.05) is 0 Å². The number of hydrogen-bond donors (Lipinski definition) is 2. The van der Waals surface area contributed by atoms with Gasteiger partial charge >= 0.3 is 0 Å². The predicted octanol–water partition coefficient (Wildman–Crippen LogP) is 4.39. The van der Waals surface area contributed by atoms with Crippen LogP contribution in [0.3, 0.4) is 0 Å². The van der Waals surface area contributed by atoms with E-state index < -0.39 is 10.8 Å². The fraction of sp³-hybridized carbons (Fsp3) is 0.125. The van der Waals surface area contributed by atoms with Gasteiger partial charge in [-0.05, 0) is 65.4 Å². The number of carbonyl (C=O) groups excluding carboxylic acids is 1. The number of carbonyl (C=O) groups is 1. The minimum atomic E-state index is -0.462. The van der Waals surface area contributed by atoms with E-state index in [1.54, 1.807) is 25.1 Å². The second-order valence-electron chi connectivity index (χ2n) is 7.72. The molecular weight excluding hydrogens is 406 g/mol. The number of hydrazone groups is 1. The zero-order valence-electron chi connectivity index (χ0n) is 17.3. The third-order valence-electron chi connectivity index (χ3n) is 5.80. The summed E-state index contributed by atoms with van der Waals surface area (Å²) >= 11 is 0. The number of H-pyrrole nitrogens is 1. The molecule has 4 aromatic rings. The van der Waals surface area contributed by atoms with Crippen molar-refractivity contribution in [3.63, 3.8) is 0 Å². The van der Waals surface area contributed by atoms with Crippen molar-refractivity contribution in [1.82, 2.24) is 15.6 Å². The Morgan fingerprint density at radius 1 is 1.09 bits per heavy atom. The first-order valence-corrected chi connectivity index (χ1v) is 10.2. The summed E-state index contributed by atoms with van der Waals surface area (Å²) < 4.78 is 0. The molecule has 1 aromatic heterocycles. The molecule has 0 unspecified atom stereocenters. The topological polar surface area (TPSA) is 113 Å². The van der Waals surface area contributed by atoms with Crippen molar-refractivity contribution in [3.8, 4) is 11.3 Å². The number of rotatable bonds is 5. The van der Waals surface area contributed by atoms with Gasteiger partial charge in [-0.15, -0.1) is 0 Å². The van der Waals surface area contributed by atoms with Crippen molar-refractivity contribution in [2.45, 2.75) is 19.8 Å². The van der Waals surface area contributed by atoms with E-state index in [0.29, 0.717) is 22.7 Å². The van der Waals surface area contributed by atoms with E-state index in [-0.39, 0.29) is 5.69 Å². The summed E-state index contributed by atoms with van der Waals surface area (Å²) in [6.45, 7) is 1.71. The minimum absolute atomic E-state index is 0.00128. The summed E-state index contributed by atoms with van der Waals surface area (Å²) in [7, 11) is 0. The number of amides is 1. The summed E-state index contributed by atoms with van der Waals surface area (Å²) in [6, 6.07) is 18.2. The predicted molar refractivity (Wildman–Crippen MR) is 122 cm³/mol. The van der Waals surface area contributed by atoms with Gasteiger partial charge in [0.15, 0.2) is 0 Å². The smallest absolute Gasteiger partial charge is 0.272 e. The third-order valence-corrected chi connectivity index (χ3v) is 5.80. The van der Waals surface area contributed by atoms with Gasteiger partial charge in [-0.2, -0.15) is 10.2 Å². The maximum atomic E-state index is 12.6. The zero-order chi connectivity index (χ0) is 22.2. The van der Waals surface area contributed by atoms with E-state index in [4.69, 9.17) is 0 Å². The molecule has 0 bridgehead atoms. The molecule has 0 saturated heterocycles. The lowest BCUT2D eigenvalue weighted by molar-refractivity contribution is -0.384. The molecule has 0 fully saturated rings. The first-order chi connectivity index (χ1) is 15.5.